The van der Waals surface area contributed by atoms with Crippen molar-refractivity contribution in [3.8, 4) is 22.4 Å². The average Bonchev–Trinajstić information content (AvgIpc) is 3.48. The summed E-state index contributed by atoms with van der Waals surface area (Å²) in [5.41, 5.74) is 8.53. The van der Waals surface area contributed by atoms with Gasteiger partial charge in [-0.1, -0.05) is 13.8 Å². The van der Waals surface area contributed by atoms with Crippen LogP contribution in [-0.2, 0) is 15.8 Å². The van der Waals surface area contributed by atoms with Gasteiger partial charge in [-0.3, -0.25) is 10.2 Å². The lowest BCUT2D eigenvalue weighted by atomic mass is 9.99. The molecule has 202 valence electrons. The van der Waals surface area contributed by atoms with Crippen molar-refractivity contribution >= 4 is 46.7 Å². The summed E-state index contributed by atoms with van der Waals surface area (Å²) in [6.45, 7) is 8.07. The van der Waals surface area contributed by atoms with Gasteiger partial charge in [0.05, 0.1) is 28.6 Å². The summed E-state index contributed by atoms with van der Waals surface area (Å²) in [5.74, 6) is -0.749. The number of anilines is 1. The molecule has 1 fully saturated rings. The molecule has 2 aromatic heterocycles. The molecule has 38 heavy (non-hydrogen) atoms. The summed E-state index contributed by atoms with van der Waals surface area (Å²) < 4.78 is 30.6. The number of rotatable bonds is 8. The number of aromatic nitrogens is 3. The van der Waals surface area contributed by atoms with Gasteiger partial charge in [0.2, 0.25) is 5.91 Å². The fourth-order valence-electron chi connectivity index (χ4n) is 4.47. The van der Waals surface area contributed by atoms with Crippen LogP contribution in [0.4, 0.5) is 10.1 Å². The maximum Gasteiger partial charge on any atom is 0.248 e. The maximum absolute atomic E-state index is 15.1. The lowest BCUT2D eigenvalue weighted by Gasteiger charge is -2.44. The Kier molecular flexibility index (Phi) is 7.90. The topological polar surface area (TPSA) is 136 Å². The van der Waals surface area contributed by atoms with Crippen LogP contribution in [0.5, 0.6) is 0 Å². The smallest absolute Gasteiger partial charge is 0.248 e. The highest BCUT2D eigenvalue weighted by Gasteiger charge is 2.44. The maximum atomic E-state index is 15.1. The molecule has 0 bridgehead atoms. The normalized spacial score (nSPS) is 17.3. The largest absolute Gasteiger partial charge is 0.382 e. The van der Waals surface area contributed by atoms with Crippen LogP contribution in [0.2, 0.25) is 0 Å². The number of amides is 1. The zero-order valence-electron chi connectivity index (χ0n) is 21.9. The van der Waals surface area contributed by atoms with Crippen molar-refractivity contribution < 1.29 is 13.4 Å². The molecule has 10 nitrogen and oxygen atoms in total. The number of nitrogens with one attached hydrogen (secondary N) is 2. The molecule has 4 N–H and O–H groups in total. The van der Waals surface area contributed by atoms with Crippen LogP contribution in [-0.4, -0.2) is 70.9 Å². The predicted molar refractivity (Wildman–Crippen MR) is 152 cm³/mol. The number of amidine groups is 1. The fourth-order valence-corrected chi connectivity index (χ4v) is 6.23. The van der Waals surface area contributed by atoms with Crippen molar-refractivity contribution in [1.29, 1.82) is 5.41 Å². The Morgan fingerprint density at radius 2 is 2.05 bits per heavy atom. The monoisotopic (exact) mass is 558 g/mol. The second-order valence-corrected chi connectivity index (χ2v) is 12.4. The predicted octanol–water partition coefficient (Wildman–Crippen LogP) is 3.62. The van der Waals surface area contributed by atoms with E-state index in [0.29, 0.717) is 28.7 Å². The number of aliphatic imine (C=N–C) groups is 1. The number of benzene rings is 1. The highest BCUT2D eigenvalue weighted by Crippen LogP contribution is 2.35. The zero-order chi connectivity index (χ0) is 27.8. The van der Waals surface area contributed by atoms with Crippen molar-refractivity contribution in [3.05, 3.63) is 48.2 Å². The van der Waals surface area contributed by atoms with Gasteiger partial charge in [-0.15, -0.1) is 0 Å². The Morgan fingerprint density at radius 1 is 1.32 bits per heavy atom. The lowest BCUT2D eigenvalue weighted by molar-refractivity contribution is -0.128. The fraction of sp³-hybridized carbons (Fsp3) is 0.360. The van der Waals surface area contributed by atoms with Gasteiger partial charge in [-0.25, -0.2) is 22.0 Å². The lowest BCUT2D eigenvalue weighted by Crippen LogP contribution is -2.63. The van der Waals surface area contributed by atoms with Gasteiger partial charge in [0.15, 0.2) is 0 Å². The van der Waals surface area contributed by atoms with E-state index in [1.165, 1.54) is 17.2 Å². The standard InChI is InChI=1S/C25H31FN8O2S2/c1-15(2)37-34-13-17(12-30-34)18-11-20(31-22(18)23(28)29-14-27)16-6-7-19(26)21(10-16)32-8-9-33(38(5)36)25(3,4)24(32)35/h6-7,10-15,31H,8-9H2,1-5H3,(H3,27,28,29). The molecule has 1 aliphatic heterocycles. The van der Waals surface area contributed by atoms with E-state index in [1.54, 1.807) is 52.5 Å². The molecule has 3 heterocycles. The molecular formula is C25H31FN8O2S2. The van der Waals surface area contributed by atoms with Gasteiger partial charge in [0.1, 0.15) is 23.5 Å². The number of halogens is 1. The summed E-state index contributed by atoms with van der Waals surface area (Å²) in [6, 6.07) is 6.42. The van der Waals surface area contributed by atoms with Crippen LogP contribution in [0.1, 0.15) is 33.4 Å². The molecule has 1 saturated heterocycles. The second-order valence-electron chi connectivity index (χ2n) is 9.61. The molecule has 3 aromatic rings. The highest BCUT2D eigenvalue weighted by molar-refractivity contribution is 7.98. The Balaban J connectivity index is 1.76. The third-order valence-corrected chi connectivity index (χ3v) is 8.34. The van der Waals surface area contributed by atoms with Crippen molar-refractivity contribution in [1.82, 2.24) is 18.5 Å². The Hall–Kier alpha value is -3.29. The Morgan fingerprint density at radius 3 is 2.71 bits per heavy atom. The van der Waals surface area contributed by atoms with Gasteiger partial charge in [0, 0.05) is 53.2 Å². The van der Waals surface area contributed by atoms with Gasteiger partial charge in [-0.2, -0.15) is 5.10 Å². The van der Waals surface area contributed by atoms with E-state index >= 15 is 4.39 Å². The number of piperazine rings is 1. The molecular weight excluding hydrogens is 527 g/mol. The van der Waals surface area contributed by atoms with E-state index in [0.717, 1.165) is 17.5 Å². The first-order valence-corrected chi connectivity index (χ1v) is 14.3. The summed E-state index contributed by atoms with van der Waals surface area (Å²) >= 11 is 1.56. The number of carbonyl (C=O) groups excluding carboxylic acids is 1. The van der Waals surface area contributed by atoms with Gasteiger partial charge in [0.25, 0.3) is 0 Å². The highest BCUT2D eigenvalue weighted by atomic mass is 32.2. The minimum atomic E-state index is -1.34. The first-order chi connectivity index (χ1) is 17.9. The van der Waals surface area contributed by atoms with Gasteiger partial charge < -0.3 is 15.6 Å². The van der Waals surface area contributed by atoms with Gasteiger partial charge in [-0.05, 0) is 50.1 Å². The second kappa shape index (κ2) is 10.8. The van der Waals surface area contributed by atoms with Crippen LogP contribution < -0.4 is 10.6 Å². The van der Waals surface area contributed by atoms with E-state index in [9.17, 15) is 9.00 Å². The third-order valence-electron chi connectivity index (χ3n) is 6.24. The van der Waals surface area contributed by atoms with Crippen molar-refractivity contribution in [2.24, 2.45) is 10.7 Å². The summed E-state index contributed by atoms with van der Waals surface area (Å²) in [4.78, 5) is 21.9. The molecule has 0 aliphatic carbocycles. The number of carbonyl (C=O) groups is 1. The van der Waals surface area contributed by atoms with Crippen molar-refractivity contribution in [2.45, 2.75) is 38.5 Å². The summed E-state index contributed by atoms with van der Waals surface area (Å²) in [7, 11) is -1.34. The zero-order valence-corrected chi connectivity index (χ0v) is 23.5. The number of hydrogen-bond donors (Lipinski definition) is 3. The number of nitrogens with zero attached hydrogens (tertiary/aromatic N) is 5. The van der Waals surface area contributed by atoms with E-state index in [4.69, 9.17) is 11.1 Å². The van der Waals surface area contributed by atoms with Crippen LogP contribution in [0.25, 0.3) is 22.4 Å². The number of H-pyrrole nitrogens is 1. The number of hydrogen-bond acceptors (Lipinski definition) is 5. The van der Waals surface area contributed by atoms with E-state index < -0.39 is 22.3 Å². The third kappa shape index (κ3) is 5.31. The van der Waals surface area contributed by atoms with E-state index in [1.807, 2.05) is 12.3 Å². The molecule has 1 amide bonds. The molecule has 0 saturated carbocycles. The molecule has 1 unspecified atom stereocenters. The summed E-state index contributed by atoms with van der Waals surface area (Å²) in [6.07, 6.45) is 6.00. The van der Waals surface area contributed by atoms with Crippen molar-refractivity contribution in [2.75, 3.05) is 24.2 Å². The number of nitrogens with two attached hydrogens (primary N) is 1. The van der Waals surface area contributed by atoms with Crippen molar-refractivity contribution in [3.63, 3.8) is 0 Å². The summed E-state index contributed by atoms with van der Waals surface area (Å²) in [5, 5.41) is 12.1. The molecule has 0 spiro atoms. The molecule has 0 radical (unpaired) electrons. The quantitative estimate of drug-likeness (QED) is 0.287. The molecule has 1 atom stereocenters. The van der Waals surface area contributed by atoms with Crippen LogP contribution >= 0.6 is 11.9 Å². The Labute approximate surface area is 227 Å². The van der Waals surface area contributed by atoms with Crippen LogP contribution in [0.3, 0.4) is 0 Å². The molecule has 13 heteroatoms. The Bertz CT molecular complexity index is 1430. The van der Waals surface area contributed by atoms with E-state index in [-0.39, 0.29) is 24.0 Å². The van der Waals surface area contributed by atoms with E-state index in [2.05, 4.69) is 28.9 Å². The molecule has 1 aromatic carbocycles. The van der Waals surface area contributed by atoms with Crippen LogP contribution in [0, 0.1) is 11.2 Å². The SMILES string of the molecule is CC(C)Sn1cc(-c2cc(-c3ccc(F)c(N4CCN(S(C)=O)C(C)(C)C4=O)c3)[nH]c2C(N)=NC=N)cn1. The minimum Gasteiger partial charge on any atom is -0.382 e. The molecule has 1 aliphatic rings. The minimum absolute atomic E-state index is 0.119. The average molecular weight is 559 g/mol. The van der Waals surface area contributed by atoms with Crippen LogP contribution in [0.15, 0.2) is 41.7 Å². The number of aromatic amines is 1. The first-order valence-electron chi connectivity index (χ1n) is 11.9. The van der Waals surface area contributed by atoms with Gasteiger partial charge >= 0.3 is 0 Å². The first kappa shape index (κ1) is 27.7. The molecule has 4 rings (SSSR count).